The molecule has 1 aliphatic rings. The van der Waals surface area contributed by atoms with E-state index in [-0.39, 0.29) is 30.3 Å². The zero-order valence-corrected chi connectivity index (χ0v) is 30.3. The molecule has 0 saturated carbocycles. The number of aromatic nitrogens is 2. The summed E-state index contributed by atoms with van der Waals surface area (Å²) in [4.78, 5) is 42.7. The van der Waals surface area contributed by atoms with Crippen LogP contribution in [0.5, 0.6) is 0 Å². The first kappa shape index (κ1) is 39.8. The van der Waals surface area contributed by atoms with Gasteiger partial charge in [-0.05, 0) is 64.2 Å². The summed E-state index contributed by atoms with van der Waals surface area (Å²) >= 11 is 0. The van der Waals surface area contributed by atoms with E-state index in [2.05, 4.69) is 17.2 Å². The number of halogens is 2. The lowest BCUT2D eigenvalue weighted by atomic mass is 9.70. The van der Waals surface area contributed by atoms with Crippen molar-refractivity contribution < 1.29 is 37.4 Å². The number of nitrogens with zero attached hydrogens (tertiary/aromatic N) is 2. The quantitative estimate of drug-likeness (QED) is 0.126. The molecule has 1 saturated heterocycles. The molecule has 1 unspecified atom stereocenters. The first-order valence-corrected chi connectivity index (χ1v) is 19.5. The normalized spacial score (nSPS) is 19.0. The minimum Gasteiger partial charge on any atom is -0.481 e. The van der Waals surface area contributed by atoms with Crippen molar-refractivity contribution in [2.75, 3.05) is 25.1 Å². The Morgan fingerprint density at radius 1 is 1.13 bits per heavy atom. The van der Waals surface area contributed by atoms with Crippen molar-refractivity contribution in [2.45, 2.75) is 142 Å². The first-order chi connectivity index (χ1) is 21.1. The van der Waals surface area contributed by atoms with E-state index < -0.39 is 68.2 Å². The summed E-state index contributed by atoms with van der Waals surface area (Å²) in [6.07, 6.45) is 7.31. The Morgan fingerprint density at radius 3 is 2.28 bits per heavy atom. The summed E-state index contributed by atoms with van der Waals surface area (Å²) in [7, 11) is -2.52. The zero-order valence-electron chi connectivity index (χ0n) is 29.3. The molecule has 2 heterocycles. The van der Waals surface area contributed by atoms with E-state index in [1.54, 1.807) is 20.8 Å². The Labute approximate surface area is 274 Å². The number of ether oxygens (including phenoxy) is 2. The van der Waals surface area contributed by atoms with Gasteiger partial charge in [0.2, 0.25) is 0 Å². The highest BCUT2D eigenvalue weighted by molar-refractivity contribution is 6.74. The maximum absolute atomic E-state index is 15.3. The third-order valence-corrected chi connectivity index (χ3v) is 13.8. The molecule has 1 fully saturated rings. The lowest BCUT2D eigenvalue weighted by molar-refractivity contribution is -0.168. The van der Waals surface area contributed by atoms with E-state index in [0.29, 0.717) is 6.42 Å². The monoisotopic (exact) mass is 673 g/mol. The molecule has 0 bridgehead atoms. The SMILES string of the molecule is CCCCCCCC[C@H](CC[C@@](CO[Si](C)(C)C(C)(C)C)(C(=O)O)C1COCC1(F)F)n1ccc(NC(=O)OC(C)(C)C)nc1=O. The Morgan fingerprint density at radius 2 is 1.76 bits per heavy atom. The Kier molecular flexibility index (Phi) is 14.0. The minimum absolute atomic E-state index is 0.0132. The van der Waals surface area contributed by atoms with Gasteiger partial charge in [-0.2, -0.15) is 4.98 Å². The maximum atomic E-state index is 15.3. The second-order valence-corrected chi connectivity index (χ2v) is 20.0. The summed E-state index contributed by atoms with van der Waals surface area (Å²) in [5.41, 5.74) is -3.32. The number of hydrogen-bond acceptors (Lipinski definition) is 7. The van der Waals surface area contributed by atoms with E-state index >= 15 is 8.78 Å². The molecule has 0 radical (unpaired) electrons. The number of anilines is 1. The van der Waals surface area contributed by atoms with E-state index in [1.165, 1.54) is 16.8 Å². The fourth-order valence-corrected chi connectivity index (χ4v) is 6.52. The van der Waals surface area contributed by atoms with Gasteiger partial charge < -0.3 is 19.0 Å². The van der Waals surface area contributed by atoms with Crippen molar-refractivity contribution in [3.8, 4) is 0 Å². The topological polar surface area (TPSA) is 129 Å². The lowest BCUT2D eigenvalue weighted by Gasteiger charge is -2.43. The predicted molar refractivity (Wildman–Crippen MR) is 177 cm³/mol. The van der Waals surface area contributed by atoms with Crippen molar-refractivity contribution >= 4 is 26.2 Å². The van der Waals surface area contributed by atoms with Crippen LogP contribution in [0.4, 0.5) is 19.4 Å². The van der Waals surface area contributed by atoms with E-state index in [1.807, 2.05) is 33.9 Å². The van der Waals surface area contributed by atoms with Gasteiger partial charge in [0.05, 0.1) is 19.1 Å². The standard InChI is InChI=1S/C33H57F2N3O7Si/c1-10-11-12-13-14-15-16-24(38-20-18-26(36-28(38)41)37-29(42)45-30(2,3)4)17-19-32(27(39)40,25-21-43-23-33(25,34)35)22-44-46(8,9)31(5,6)7/h18,20,24-25H,10-17,19,21-23H2,1-9H3,(H,39,40)(H,36,37,41,42)/t24-,25?,32+/m1/s1. The van der Waals surface area contributed by atoms with Gasteiger partial charge in [-0.15, -0.1) is 0 Å². The summed E-state index contributed by atoms with van der Waals surface area (Å²) < 4.78 is 48.7. The number of carboxylic acids is 1. The van der Waals surface area contributed by atoms with Gasteiger partial charge >= 0.3 is 17.8 Å². The van der Waals surface area contributed by atoms with Crippen LogP contribution < -0.4 is 11.0 Å². The molecule has 1 aliphatic heterocycles. The second-order valence-electron chi connectivity index (χ2n) is 15.2. The molecular weight excluding hydrogens is 616 g/mol. The third-order valence-electron chi connectivity index (χ3n) is 9.35. The molecule has 0 aromatic carbocycles. The van der Waals surface area contributed by atoms with Crippen LogP contribution in [0, 0.1) is 11.3 Å². The van der Waals surface area contributed by atoms with Crippen molar-refractivity contribution in [1.82, 2.24) is 9.55 Å². The third kappa shape index (κ3) is 11.1. The van der Waals surface area contributed by atoms with Crippen molar-refractivity contribution in [2.24, 2.45) is 11.3 Å². The smallest absolute Gasteiger partial charge is 0.413 e. The fourth-order valence-electron chi connectivity index (χ4n) is 5.46. The molecule has 2 N–H and O–H groups in total. The number of hydrogen-bond donors (Lipinski definition) is 2. The van der Waals surface area contributed by atoms with Crippen LogP contribution in [-0.4, -0.2) is 66.4 Å². The Balaban J connectivity index is 2.43. The molecule has 10 nitrogen and oxygen atoms in total. The molecule has 3 atom stereocenters. The molecule has 13 heteroatoms. The number of amides is 1. The molecule has 46 heavy (non-hydrogen) atoms. The summed E-state index contributed by atoms with van der Waals surface area (Å²) in [5.74, 6) is -6.29. The average molecular weight is 674 g/mol. The number of carboxylic acid groups (broad SMARTS) is 1. The van der Waals surface area contributed by atoms with Crippen LogP contribution >= 0.6 is 0 Å². The molecule has 2 rings (SSSR count). The van der Waals surface area contributed by atoms with Crippen LogP contribution in [0.15, 0.2) is 17.1 Å². The first-order valence-electron chi connectivity index (χ1n) is 16.6. The van der Waals surface area contributed by atoms with E-state index in [4.69, 9.17) is 13.9 Å². The predicted octanol–water partition coefficient (Wildman–Crippen LogP) is 8.04. The van der Waals surface area contributed by atoms with Crippen LogP contribution in [0.25, 0.3) is 0 Å². The minimum atomic E-state index is -3.35. The van der Waals surface area contributed by atoms with Gasteiger partial charge in [0.15, 0.2) is 8.32 Å². The molecule has 0 aliphatic carbocycles. The summed E-state index contributed by atoms with van der Waals surface area (Å²) in [6, 6.07) is 0.966. The van der Waals surface area contributed by atoms with Gasteiger partial charge in [-0.25, -0.2) is 18.4 Å². The van der Waals surface area contributed by atoms with Crippen LogP contribution in [0.3, 0.4) is 0 Å². The average Bonchev–Trinajstić information content (AvgIpc) is 3.27. The number of unbranched alkanes of at least 4 members (excludes halogenated alkanes) is 5. The summed E-state index contributed by atoms with van der Waals surface area (Å²) in [6.45, 7) is 15.6. The van der Waals surface area contributed by atoms with Crippen LogP contribution in [0.2, 0.25) is 18.1 Å². The number of nitrogens with one attached hydrogen (secondary N) is 1. The van der Waals surface area contributed by atoms with Gasteiger partial charge in [-0.1, -0.05) is 66.2 Å². The molecule has 1 aromatic heterocycles. The number of alkyl halides is 2. The van der Waals surface area contributed by atoms with E-state index in [0.717, 1.165) is 38.5 Å². The van der Waals surface area contributed by atoms with Gasteiger partial charge in [0.25, 0.3) is 5.92 Å². The van der Waals surface area contributed by atoms with Crippen molar-refractivity contribution in [3.63, 3.8) is 0 Å². The highest BCUT2D eigenvalue weighted by Crippen LogP contribution is 2.49. The molecular formula is C33H57F2N3O7Si. The Bertz CT molecular complexity index is 1210. The molecule has 1 amide bonds. The summed E-state index contributed by atoms with van der Waals surface area (Å²) in [5, 5.41) is 12.9. The van der Waals surface area contributed by atoms with Gasteiger partial charge in [0, 0.05) is 12.2 Å². The number of carbonyl (C=O) groups is 2. The fraction of sp³-hybridized carbons (Fsp3) is 0.818. The highest BCUT2D eigenvalue weighted by atomic mass is 28.4. The highest BCUT2D eigenvalue weighted by Gasteiger charge is 2.60. The zero-order chi connectivity index (χ0) is 35.0. The lowest BCUT2D eigenvalue weighted by Crippen LogP contribution is -2.53. The van der Waals surface area contributed by atoms with Gasteiger partial charge in [0.1, 0.15) is 23.4 Å². The van der Waals surface area contributed by atoms with E-state index in [9.17, 15) is 19.5 Å². The molecule has 1 aromatic rings. The van der Waals surface area contributed by atoms with Gasteiger partial charge in [-0.3, -0.25) is 14.7 Å². The van der Waals surface area contributed by atoms with Crippen LogP contribution in [-0.2, 0) is 18.7 Å². The molecule has 0 spiro atoms. The Hall–Kier alpha value is -2.38. The van der Waals surface area contributed by atoms with Crippen LogP contribution in [0.1, 0.15) is 112 Å². The number of carbonyl (C=O) groups excluding carboxylic acids is 1. The largest absolute Gasteiger partial charge is 0.481 e. The molecule has 264 valence electrons. The number of rotatable bonds is 17. The van der Waals surface area contributed by atoms with Crippen molar-refractivity contribution in [3.05, 3.63) is 22.7 Å². The second kappa shape index (κ2) is 16.1. The van der Waals surface area contributed by atoms with Crippen molar-refractivity contribution in [1.29, 1.82) is 0 Å². The number of aliphatic carboxylic acids is 1. The maximum Gasteiger partial charge on any atom is 0.413 e.